The molecule has 5 N–H and O–H groups in total. The first-order valence-corrected chi connectivity index (χ1v) is 14.8. The number of fused-ring (bicyclic) bond motifs is 1. The van der Waals surface area contributed by atoms with Crippen LogP contribution < -0.4 is 16.1 Å². The number of nitrogens with one attached hydrogen (secondary N) is 3. The van der Waals surface area contributed by atoms with Crippen molar-refractivity contribution in [3.63, 3.8) is 0 Å². The van der Waals surface area contributed by atoms with Gasteiger partial charge in [0, 0.05) is 24.3 Å². The summed E-state index contributed by atoms with van der Waals surface area (Å²) in [5.41, 5.74) is 5.97. The second kappa shape index (κ2) is 13.7. The molecule has 4 aromatic rings. The highest BCUT2D eigenvalue weighted by atomic mass is 32.1. The van der Waals surface area contributed by atoms with E-state index in [9.17, 15) is 14.7 Å². The van der Waals surface area contributed by atoms with Crippen molar-refractivity contribution in [3.8, 4) is 5.75 Å². The van der Waals surface area contributed by atoms with Gasteiger partial charge in [-0.05, 0) is 84.0 Å². The van der Waals surface area contributed by atoms with Gasteiger partial charge in [0.2, 0.25) is 0 Å². The molecule has 0 radical (unpaired) electrons. The Kier molecular flexibility index (Phi) is 9.63. The molecule has 1 fully saturated rings. The molecule has 0 saturated heterocycles. The molecule has 214 valence electrons. The number of amides is 1. The van der Waals surface area contributed by atoms with Crippen LogP contribution in [0.4, 0.5) is 0 Å². The number of esters is 1. The van der Waals surface area contributed by atoms with E-state index in [0.29, 0.717) is 30.9 Å². The lowest BCUT2D eigenvalue weighted by molar-refractivity contribution is -0.151. The van der Waals surface area contributed by atoms with Crippen LogP contribution in [0, 0.1) is 0 Å². The second-order valence-electron chi connectivity index (χ2n) is 10.5. The van der Waals surface area contributed by atoms with Gasteiger partial charge < -0.3 is 20.5 Å². The monoisotopic (exact) mass is 573 g/mol. The average molecular weight is 574 g/mol. The van der Waals surface area contributed by atoms with Crippen LogP contribution in [0.1, 0.15) is 57.6 Å². The van der Waals surface area contributed by atoms with Gasteiger partial charge in [-0.3, -0.25) is 14.8 Å². The minimum Gasteiger partial charge on any atom is -0.508 e. The minimum absolute atomic E-state index is 0.0101. The number of benzene rings is 3. The lowest BCUT2D eigenvalue weighted by atomic mass is 10.0. The van der Waals surface area contributed by atoms with Crippen LogP contribution in [0.2, 0.25) is 0 Å². The summed E-state index contributed by atoms with van der Waals surface area (Å²) in [7, 11) is 0. The number of hydroxylamine groups is 1. The fourth-order valence-corrected chi connectivity index (χ4v) is 6.10. The number of aromatic hydroxyl groups is 1. The Balaban J connectivity index is 1.13. The summed E-state index contributed by atoms with van der Waals surface area (Å²) < 4.78 is 6.81. The van der Waals surface area contributed by atoms with Crippen LogP contribution in [0.5, 0.6) is 5.75 Å². The van der Waals surface area contributed by atoms with Crippen molar-refractivity contribution in [1.82, 2.24) is 16.1 Å². The predicted octanol–water partition coefficient (Wildman–Crippen LogP) is 5.20. The van der Waals surface area contributed by atoms with Crippen LogP contribution in [0.15, 0.2) is 72.8 Å². The molecule has 1 heterocycles. The summed E-state index contributed by atoms with van der Waals surface area (Å²) >= 11 is 1.35. The summed E-state index contributed by atoms with van der Waals surface area (Å²) in [5, 5.41) is 26.3. The molecule has 1 aromatic heterocycles. The maximum atomic E-state index is 13.0. The van der Waals surface area contributed by atoms with Crippen LogP contribution >= 0.6 is 11.3 Å². The molecule has 1 atom stereocenters. The standard InChI is InChI=1S/C32H35N3O5S/c36-26-13-10-21(11-14-26)15-28(32(38)40-27-3-1-2-4-27)34-20-23-7-5-22(6-8-23)18-33-19-24-9-12-25-17-30(31(37)35-39)41-29(25)16-24/h5-14,16-17,27-28,33-34,36,39H,1-4,15,18-20H2,(H,35,37). The number of ether oxygens (including phenoxy) is 1. The summed E-state index contributed by atoms with van der Waals surface area (Å²) in [4.78, 5) is 25.2. The molecule has 1 unspecified atom stereocenters. The molecule has 41 heavy (non-hydrogen) atoms. The summed E-state index contributed by atoms with van der Waals surface area (Å²) in [5.74, 6) is -0.519. The molecule has 8 nitrogen and oxygen atoms in total. The maximum Gasteiger partial charge on any atom is 0.323 e. The fraction of sp³-hybridized carbons (Fsp3) is 0.312. The number of carbonyl (C=O) groups is 2. The van der Waals surface area contributed by atoms with Crippen LogP contribution in [0.25, 0.3) is 10.1 Å². The van der Waals surface area contributed by atoms with Gasteiger partial charge in [0.15, 0.2) is 0 Å². The van der Waals surface area contributed by atoms with E-state index in [-0.39, 0.29) is 17.8 Å². The minimum atomic E-state index is -0.499. The average Bonchev–Trinajstić information content (AvgIpc) is 3.66. The molecule has 1 saturated carbocycles. The number of carbonyl (C=O) groups excluding carboxylic acids is 2. The Bertz CT molecular complexity index is 1460. The topological polar surface area (TPSA) is 120 Å². The Morgan fingerprint density at radius 2 is 1.49 bits per heavy atom. The SMILES string of the molecule is O=C(NO)c1cc2ccc(CNCc3ccc(CNC(Cc4ccc(O)cc4)C(=O)OC4CCCC4)cc3)cc2s1. The molecule has 1 aliphatic rings. The highest BCUT2D eigenvalue weighted by Gasteiger charge is 2.25. The first-order chi connectivity index (χ1) is 20.0. The highest BCUT2D eigenvalue weighted by molar-refractivity contribution is 7.20. The van der Waals surface area contributed by atoms with Gasteiger partial charge in [-0.15, -0.1) is 11.3 Å². The molecular formula is C32H35N3O5S. The quantitative estimate of drug-likeness (QED) is 0.0898. The zero-order valence-electron chi connectivity index (χ0n) is 22.8. The largest absolute Gasteiger partial charge is 0.508 e. The first-order valence-electron chi connectivity index (χ1n) is 13.9. The van der Waals surface area contributed by atoms with Gasteiger partial charge in [-0.2, -0.15) is 0 Å². The predicted molar refractivity (Wildman–Crippen MR) is 159 cm³/mol. The normalized spacial score (nSPS) is 14.3. The fourth-order valence-electron chi connectivity index (χ4n) is 5.08. The number of phenolic OH excluding ortho intramolecular Hbond substituents is 1. The number of rotatable bonds is 12. The van der Waals surface area contributed by atoms with Gasteiger partial charge >= 0.3 is 5.97 Å². The van der Waals surface area contributed by atoms with Gasteiger partial charge in [0.25, 0.3) is 5.91 Å². The van der Waals surface area contributed by atoms with Crippen molar-refractivity contribution in [1.29, 1.82) is 0 Å². The molecule has 0 bridgehead atoms. The molecule has 1 amide bonds. The van der Waals surface area contributed by atoms with E-state index < -0.39 is 11.9 Å². The van der Waals surface area contributed by atoms with E-state index in [1.807, 2.05) is 24.3 Å². The van der Waals surface area contributed by atoms with Crippen molar-refractivity contribution in [2.75, 3.05) is 0 Å². The van der Waals surface area contributed by atoms with E-state index in [2.05, 4.69) is 41.0 Å². The smallest absolute Gasteiger partial charge is 0.323 e. The van der Waals surface area contributed by atoms with Crippen molar-refractivity contribution < 1.29 is 24.6 Å². The van der Waals surface area contributed by atoms with E-state index in [4.69, 9.17) is 9.94 Å². The zero-order valence-corrected chi connectivity index (χ0v) is 23.6. The van der Waals surface area contributed by atoms with Crippen LogP contribution in [0.3, 0.4) is 0 Å². The third-order valence-electron chi connectivity index (χ3n) is 7.39. The van der Waals surface area contributed by atoms with Gasteiger partial charge in [-0.1, -0.05) is 48.5 Å². The summed E-state index contributed by atoms with van der Waals surface area (Å²) in [6.45, 7) is 1.92. The first kappa shape index (κ1) is 28.8. The Labute approximate surface area is 243 Å². The Morgan fingerprint density at radius 3 is 2.20 bits per heavy atom. The maximum absolute atomic E-state index is 13.0. The van der Waals surface area contributed by atoms with Crippen molar-refractivity contribution >= 4 is 33.3 Å². The third-order valence-corrected chi connectivity index (χ3v) is 8.49. The molecule has 5 rings (SSSR count). The molecule has 0 aliphatic heterocycles. The van der Waals surface area contributed by atoms with Crippen molar-refractivity contribution in [3.05, 3.63) is 99.9 Å². The molecule has 1 aliphatic carbocycles. The van der Waals surface area contributed by atoms with E-state index in [0.717, 1.165) is 58.0 Å². The van der Waals surface area contributed by atoms with Crippen LogP contribution in [-0.4, -0.2) is 34.3 Å². The number of phenols is 1. The Hall–Kier alpha value is -3.76. The van der Waals surface area contributed by atoms with Crippen molar-refractivity contribution in [2.45, 2.75) is 63.9 Å². The summed E-state index contributed by atoms with van der Waals surface area (Å²) in [6.07, 6.45) is 4.56. The number of hydrogen-bond acceptors (Lipinski definition) is 8. The molecule has 3 aromatic carbocycles. The molecular weight excluding hydrogens is 538 g/mol. The van der Waals surface area contributed by atoms with Gasteiger partial charge in [0.05, 0.1) is 4.88 Å². The summed E-state index contributed by atoms with van der Waals surface area (Å²) in [6, 6.07) is 22.6. The number of thiophene rings is 1. The lowest BCUT2D eigenvalue weighted by Crippen LogP contribution is -2.40. The highest BCUT2D eigenvalue weighted by Crippen LogP contribution is 2.27. The van der Waals surface area contributed by atoms with Gasteiger partial charge in [-0.25, -0.2) is 5.48 Å². The number of hydrogen-bond donors (Lipinski definition) is 5. The van der Waals surface area contributed by atoms with E-state index in [1.54, 1.807) is 23.7 Å². The zero-order chi connectivity index (χ0) is 28.6. The molecule has 0 spiro atoms. The lowest BCUT2D eigenvalue weighted by Gasteiger charge is -2.21. The van der Waals surface area contributed by atoms with Crippen molar-refractivity contribution in [2.24, 2.45) is 0 Å². The van der Waals surface area contributed by atoms with E-state index in [1.165, 1.54) is 11.3 Å². The third kappa shape index (κ3) is 7.92. The molecule has 9 heteroatoms. The van der Waals surface area contributed by atoms with Crippen LogP contribution in [-0.2, 0) is 35.6 Å². The van der Waals surface area contributed by atoms with E-state index >= 15 is 0 Å². The van der Waals surface area contributed by atoms with Gasteiger partial charge in [0.1, 0.15) is 17.9 Å². The Morgan fingerprint density at radius 1 is 0.854 bits per heavy atom. The second-order valence-corrected chi connectivity index (χ2v) is 11.6.